The summed E-state index contributed by atoms with van der Waals surface area (Å²) in [6.07, 6.45) is 23.8. The van der Waals surface area contributed by atoms with Crippen molar-refractivity contribution in [3.8, 4) is 0 Å². The summed E-state index contributed by atoms with van der Waals surface area (Å²) in [6.45, 7) is 7.85. The van der Waals surface area contributed by atoms with Gasteiger partial charge in [-0.05, 0) is 30.9 Å². The highest BCUT2D eigenvalue weighted by Gasteiger charge is 2.23. The van der Waals surface area contributed by atoms with E-state index in [2.05, 4.69) is 20.8 Å². The Kier molecular flexibility index (Phi) is 32.7. The van der Waals surface area contributed by atoms with Gasteiger partial charge in [0.15, 0.2) is 0 Å². The van der Waals surface area contributed by atoms with E-state index in [1.165, 1.54) is 90.4 Å². The predicted molar refractivity (Wildman–Crippen MR) is 165 cm³/mol. The molecule has 0 saturated carbocycles. The number of hydrogen-bond donors (Lipinski definition) is 0. The van der Waals surface area contributed by atoms with Crippen LogP contribution in [-0.2, 0) is 28.7 Å². The lowest BCUT2D eigenvalue weighted by Gasteiger charge is -2.15. The van der Waals surface area contributed by atoms with Crippen LogP contribution < -0.4 is 0 Å². The summed E-state index contributed by atoms with van der Waals surface area (Å²) in [7, 11) is 0. The van der Waals surface area contributed by atoms with Gasteiger partial charge in [-0.15, -0.1) is 0 Å². The number of esters is 2. The van der Waals surface area contributed by atoms with E-state index in [-0.39, 0.29) is 18.1 Å². The lowest BCUT2D eigenvalue weighted by Crippen LogP contribution is -2.30. The molecule has 0 saturated heterocycles. The van der Waals surface area contributed by atoms with Crippen LogP contribution in [0.4, 0.5) is 0 Å². The van der Waals surface area contributed by atoms with Gasteiger partial charge in [0.1, 0.15) is 0 Å². The number of ether oxygens (including phenoxy) is 2. The Labute approximate surface area is 251 Å². The highest BCUT2D eigenvalue weighted by Crippen LogP contribution is 2.12. The Morgan fingerprint density at radius 1 is 0.475 bits per heavy atom. The van der Waals surface area contributed by atoms with E-state index in [1.54, 1.807) is 0 Å². The maximum Gasteiger partial charge on any atom is 0.309 e. The molecule has 6 nitrogen and oxygen atoms in total. The lowest BCUT2D eigenvalue weighted by atomic mass is 10.1. The van der Waals surface area contributed by atoms with Crippen molar-refractivity contribution in [1.82, 2.24) is 0 Å². The maximum atomic E-state index is 11.9. The normalized spacial score (nSPS) is 10.7. The first kappa shape index (κ1) is 40.7. The topological polar surface area (TPSA) is 86.7 Å². The van der Waals surface area contributed by atoms with Crippen LogP contribution in [0, 0.1) is 0 Å². The fourth-order valence-electron chi connectivity index (χ4n) is 4.22. The smallest absolute Gasteiger partial charge is 0.309 e. The van der Waals surface area contributed by atoms with Crippen molar-refractivity contribution in [2.75, 3.05) is 0 Å². The number of unbranched alkanes of at least 4 members (excludes halogenated alkanes) is 18. The first-order valence-corrected chi connectivity index (χ1v) is 16.7. The summed E-state index contributed by atoms with van der Waals surface area (Å²) in [5, 5.41) is -0.191. The fraction of sp³-hybridized carbons (Fsp3) is 0.879. The van der Waals surface area contributed by atoms with E-state index in [0.717, 1.165) is 51.4 Å². The zero-order valence-corrected chi connectivity index (χ0v) is 27.1. The largest absolute Gasteiger partial charge is 0.417 e. The second-order valence-corrected chi connectivity index (χ2v) is 11.3. The minimum Gasteiger partial charge on any atom is -0.417 e. The highest BCUT2D eigenvalue weighted by molar-refractivity contribution is 6.63. The van der Waals surface area contributed by atoms with Crippen LogP contribution in [-0.4, -0.2) is 29.3 Å². The molecule has 0 atom stereocenters. The van der Waals surface area contributed by atoms with E-state index < -0.39 is 24.0 Å². The Morgan fingerprint density at radius 3 is 1.02 bits per heavy atom. The third-order valence-corrected chi connectivity index (χ3v) is 6.94. The minimum absolute atomic E-state index is 0.191. The summed E-state index contributed by atoms with van der Waals surface area (Å²) < 4.78 is 10.1. The van der Waals surface area contributed by atoms with Gasteiger partial charge < -0.3 is 9.47 Å². The van der Waals surface area contributed by atoms with Crippen molar-refractivity contribution >= 4 is 34.6 Å². The van der Waals surface area contributed by atoms with Gasteiger partial charge in [0.2, 0.25) is 11.0 Å². The zero-order chi connectivity index (χ0) is 30.3. The predicted octanol–water partition coefficient (Wildman–Crippen LogP) is 10.2. The first-order valence-electron chi connectivity index (χ1n) is 16.4. The van der Waals surface area contributed by atoms with Crippen LogP contribution >= 0.6 is 11.6 Å². The molecule has 0 aromatic heterocycles. The molecule has 0 fully saturated rings. The molecule has 0 radical (unpaired) electrons. The Balaban J connectivity index is 0. The van der Waals surface area contributed by atoms with E-state index in [4.69, 9.17) is 21.1 Å². The molecule has 0 N–H and O–H groups in total. The van der Waals surface area contributed by atoms with Crippen molar-refractivity contribution in [3.63, 3.8) is 0 Å². The number of rotatable bonds is 27. The van der Waals surface area contributed by atoms with Gasteiger partial charge in [-0.3, -0.25) is 19.2 Å². The second kappa shape index (κ2) is 32.1. The average Bonchev–Trinajstić information content (AvgIpc) is 2.91. The van der Waals surface area contributed by atoms with Gasteiger partial charge in [0.05, 0.1) is 0 Å². The van der Waals surface area contributed by atoms with Crippen LogP contribution in [0.3, 0.4) is 0 Å². The quantitative estimate of drug-likeness (QED) is 0.0410. The molecule has 0 aliphatic carbocycles. The van der Waals surface area contributed by atoms with Crippen LogP contribution in [0.1, 0.15) is 182 Å². The third-order valence-electron chi connectivity index (χ3n) is 6.75. The standard InChI is InChI=1S/C23H42O5.C10H19ClO/c1-4-6-8-10-12-14-16-18-21(25)27-23(20(3)24)28-22(26)19-17-15-13-11-9-7-5-2;1-2-3-4-5-6-7-8-9-10(11)12/h23H,4-19H2,1-3H3;2-9H2,1H3. The number of halogens is 1. The van der Waals surface area contributed by atoms with E-state index in [1.807, 2.05) is 0 Å². The molecule has 0 rings (SSSR count). The molecule has 7 heteroatoms. The van der Waals surface area contributed by atoms with Crippen molar-refractivity contribution in [3.05, 3.63) is 0 Å². The molecule has 0 bridgehead atoms. The van der Waals surface area contributed by atoms with Gasteiger partial charge in [-0.25, -0.2) is 0 Å². The van der Waals surface area contributed by atoms with E-state index in [0.29, 0.717) is 6.42 Å². The summed E-state index contributed by atoms with van der Waals surface area (Å²) in [4.78, 5) is 45.7. The number of carbonyl (C=O) groups is 4. The van der Waals surface area contributed by atoms with Crippen LogP contribution in [0.15, 0.2) is 0 Å². The molecule has 236 valence electrons. The van der Waals surface area contributed by atoms with Gasteiger partial charge in [-0.2, -0.15) is 0 Å². The third kappa shape index (κ3) is 32.8. The number of carbonyl (C=O) groups excluding carboxylic acids is 4. The molecule has 0 unspecified atom stereocenters. The Morgan fingerprint density at radius 2 is 0.750 bits per heavy atom. The van der Waals surface area contributed by atoms with E-state index in [9.17, 15) is 19.2 Å². The molecule has 0 heterocycles. The molecule has 40 heavy (non-hydrogen) atoms. The molecular weight excluding hydrogens is 528 g/mol. The van der Waals surface area contributed by atoms with Crippen molar-refractivity contribution in [2.24, 2.45) is 0 Å². The summed E-state index contributed by atoms with van der Waals surface area (Å²) in [5.41, 5.74) is 0. The number of ketones is 1. The van der Waals surface area contributed by atoms with Crippen LogP contribution in [0.25, 0.3) is 0 Å². The Hall–Kier alpha value is -1.43. The molecule has 0 amide bonds. The minimum atomic E-state index is -1.39. The maximum absolute atomic E-state index is 11.9. The van der Waals surface area contributed by atoms with Crippen LogP contribution in [0.5, 0.6) is 0 Å². The fourth-order valence-corrected chi connectivity index (χ4v) is 4.35. The Bertz CT molecular complexity index is 590. The van der Waals surface area contributed by atoms with Crippen molar-refractivity contribution in [2.45, 2.75) is 188 Å². The molecule has 0 aliphatic heterocycles. The van der Waals surface area contributed by atoms with Crippen molar-refractivity contribution < 1.29 is 28.7 Å². The van der Waals surface area contributed by atoms with Gasteiger partial charge in [0, 0.05) is 26.2 Å². The molecular formula is C33H61ClO6. The summed E-state index contributed by atoms with van der Waals surface area (Å²) in [5.74, 6) is -1.41. The van der Waals surface area contributed by atoms with Crippen molar-refractivity contribution in [1.29, 1.82) is 0 Å². The monoisotopic (exact) mass is 588 g/mol. The molecule has 0 aromatic rings. The van der Waals surface area contributed by atoms with Crippen LogP contribution in [0.2, 0.25) is 0 Å². The average molecular weight is 589 g/mol. The summed E-state index contributed by atoms with van der Waals surface area (Å²) >= 11 is 5.20. The van der Waals surface area contributed by atoms with E-state index >= 15 is 0 Å². The highest BCUT2D eigenvalue weighted by atomic mass is 35.5. The first-order chi connectivity index (χ1) is 19.3. The number of hydrogen-bond acceptors (Lipinski definition) is 6. The number of Topliss-reactive ketones (excluding diaryl/α,β-unsaturated/α-hetero) is 1. The second-order valence-electron chi connectivity index (χ2n) is 10.9. The zero-order valence-electron chi connectivity index (χ0n) is 26.4. The SMILES string of the molecule is CCCCCCCCCC(=O)Cl.CCCCCCCCCC(=O)OC(OC(=O)CCCCCCCCC)C(C)=O. The van der Waals surface area contributed by atoms with Gasteiger partial charge in [-0.1, -0.05) is 136 Å². The molecule has 0 aliphatic rings. The molecule has 0 aromatic carbocycles. The summed E-state index contributed by atoms with van der Waals surface area (Å²) in [6, 6.07) is 0. The molecule has 0 spiro atoms. The van der Waals surface area contributed by atoms with Gasteiger partial charge in [0.25, 0.3) is 0 Å². The van der Waals surface area contributed by atoms with Gasteiger partial charge >= 0.3 is 18.2 Å². The lowest BCUT2D eigenvalue weighted by molar-refractivity contribution is -0.191.